The van der Waals surface area contributed by atoms with E-state index in [9.17, 15) is 19.8 Å². The fourth-order valence-electron chi connectivity index (χ4n) is 7.55. The summed E-state index contributed by atoms with van der Waals surface area (Å²) in [4.78, 5) is 26.2. The van der Waals surface area contributed by atoms with Crippen LogP contribution in [0.2, 0.25) is 0 Å². The summed E-state index contributed by atoms with van der Waals surface area (Å²) in [5, 5.41) is 31.1. The molecule has 2 aromatic carbocycles. The first-order valence-electron chi connectivity index (χ1n) is 24.0. The maximum absolute atomic E-state index is 13.2. The summed E-state index contributed by atoms with van der Waals surface area (Å²) in [6.45, 7) is 24.2. The molecule has 0 saturated heterocycles. The van der Waals surface area contributed by atoms with Gasteiger partial charge in [-0.1, -0.05) is 173 Å². The molecule has 0 saturated carbocycles. The summed E-state index contributed by atoms with van der Waals surface area (Å²) >= 11 is 0. The number of unbranched alkanes of at least 4 members (excludes halogenated alkanes) is 15. The number of esters is 2. The van der Waals surface area contributed by atoms with Gasteiger partial charge in [0.05, 0.1) is 13.2 Å². The van der Waals surface area contributed by atoms with Gasteiger partial charge in [-0.3, -0.25) is 0 Å². The molecule has 0 radical (unpaired) electrons. The molecule has 0 aliphatic carbocycles. The number of carbonyl (C=O) groups is 2. The Bertz CT molecular complexity index is 1570. The van der Waals surface area contributed by atoms with Crippen LogP contribution in [0.1, 0.15) is 208 Å². The first-order valence-corrected chi connectivity index (χ1v) is 24.0. The van der Waals surface area contributed by atoms with Crippen LogP contribution in [0.4, 0.5) is 0 Å². The molecule has 0 fully saturated rings. The number of rotatable bonds is 29. The van der Waals surface area contributed by atoms with Crippen molar-refractivity contribution in [2.45, 2.75) is 214 Å². The molecule has 63 heavy (non-hydrogen) atoms. The SMILES string of the molecule is CC(C)(C)c1cc(OC(=O)COCC(COCCCCCCCCCCCCCCCCCCO)OCC(=O)Oc2cc(C(C)(C)C)c(O)c(C(C)(C)C)c2)cc(C(C)(C)C)c1O. The number of aliphatic hydroxyl groups is 1. The Hall–Kier alpha value is -3.18. The van der Waals surface area contributed by atoms with E-state index < -0.39 is 28.9 Å². The van der Waals surface area contributed by atoms with E-state index >= 15 is 0 Å². The molecule has 1 atom stereocenters. The summed E-state index contributed by atoms with van der Waals surface area (Å²) < 4.78 is 29.3. The van der Waals surface area contributed by atoms with Crippen LogP contribution in [0, 0.1) is 0 Å². The number of phenols is 2. The molecule has 10 nitrogen and oxygen atoms in total. The number of ether oxygens (including phenoxy) is 5. The zero-order valence-corrected chi connectivity index (χ0v) is 41.6. The van der Waals surface area contributed by atoms with Gasteiger partial charge >= 0.3 is 11.9 Å². The van der Waals surface area contributed by atoms with E-state index in [1.807, 2.05) is 83.1 Å². The molecule has 0 amide bonds. The smallest absolute Gasteiger partial charge is 0.337 e. The maximum atomic E-state index is 13.2. The summed E-state index contributed by atoms with van der Waals surface area (Å²) in [6, 6.07) is 6.81. The number of hydrogen-bond acceptors (Lipinski definition) is 10. The van der Waals surface area contributed by atoms with E-state index in [-0.39, 0.29) is 48.8 Å². The topological polar surface area (TPSA) is 141 Å². The Labute approximate surface area is 382 Å². The third kappa shape index (κ3) is 22.0. The van der Waals surface area contributed by atoms with Gasteiger partial charge in [0.1, 0.15) is 42.3 Å². The maximum Gasteiger partial charge on any atom is 0.337 e. The van der Waals surface area contributed by atoms with E-state index in [1.54, 1.807) is 24.3 Å². The molecule has 2 rings (SSSR count). The Morgan fingerprint density at radius 1 is 0.460 bits per heavy atom. The van der Waals surface area contributed by atoms with Crippen molar-refractivity contribution in [1.29, 1.82) is 0 Å². The van der Waals surface area contributed by atoms with Crippen LogP contribution in [0.5, 0.6) is 23.0 Å². The van der Waals surface area contributed by atoms with Gasteiger partial charge in [0.25, 0.3) is 0 Å². The lowest BCUT2D eigenvalue weighted by Crippen LogP contribution is -2.31. The predicted molar refractivity (Wildman–Crippen MR) is 255 cm³/mol. The minimum absolute atomic E-state index is 0.0224. The molecule has 0 aromatic heterocycles. The van der Waals surface area contributed by atoms with Crippen molar-refractivity contribution in [1.82, 2.24) is 0 Å². The summed E-state index contributed by atoms with van der Waals surface area (Å²) in [7, 11) is 0. The van der Waals surface area contributed by atoms with Gasteiger partial charge in [0, 0.05) is 35.5 Å². The molecule has 2 aromatic rings. The molecule has 0 bridgehead atoms. The second-order valence-electron chi connectivity index (χ2n) is 21.6. The average Bonchev–Trinajstić information content (AvgIpc) is 3.17. The molecular weight excluding hydrogens is 797 g/mol. The highest BCUT2D eigenvalue weighted by Crippen LogP contribution is 2.43. The zero-order valence-electron chi connectivity index (χ0n) is 41.6. The van der Waals surface area contributed by atoms with Gasteiger partial charge in [-0.25, -0.2) is 9.59 Å². The van der Waals surface area contributed by atoms with Crippen LogP contribution < -0.4 is 9.47 Å². The summed E-state index contributed by atoms with van der Waals surface area (Å²) in [5.41, 5.74) is 1.17. The van der Waals surface area contributed by atoms with Gasteiger partial charge in [-0.2, -0.15) is 0 Å². The van der Waals surface area contributed by atoms with Crippen LogP contribution >= 0.6 is 0 Å². The van der Waals surface area contributed by atoms with Crippen molar-refractivity contribution < 1.29 is 48.6 Å². The van der Waals surface area contributed by atoms with E-state index in [4.69, 9.17) is 28.8 Å². The Morgan fingerprint density at radius 2 is 0.762 bits per heavy atom. The summed E-state index contributed by atoms with van der Waals surface area (Å²) in [5.74, 6) is -0.157. The highest BCUT2D eigenvalue weighted by Gasteiger charge is 2.29. The number of aliphatic hydroxyl groups excluding tert-OH is 1. The Balaban J connectivity index is 1.93. The Kier molecular flexibility index (Phi) is 24.3. The first-order chi connectivity index (χ1) is 29.4. The van der Waals surface area contributed by atoms with Gasteiger partial charge in [0.15, 0.2) is 0 Å². The zero-order chi connectivity index (χ0) is 47.3. The van der Waals surface area contributed by atoms with Gasteiger partial charge < -0.3 is 39.0 Å². The lowest BCUT2D eigenvalue weighted by Gasteiger charge is -2.28. The van der Waals surface area contributed by atoms with Crippen molar-refractivity contribution in [3.8, 4) is 23.0 Å². The molecule has 0 aliphatic heterocycles. The largest absolute Gasteiger partial charge is 0.507 e. The highest BCUT2D eigenvalue weighted by atomic mass is 16.6. The fourth-order valence-corrected chi connectivity index (χ4v) is 7.55. The molecule has 1 unspecified atom stereocenters. The number of aromatic hydroxyl groups is 2. The second kappa shape index (κ2) is 27.3. The number of phenolic OH excluding ortho intramolecular Hbond substituents is 2. The molecule has 0 spiro atoms. The first kappa shape index (κ1) is 56.0. The monoisotopic (exact) mass is 885 g/mol. The number of hydrogen-bond donors (Lipinski definition) is 3. The van der Waals surface area contributed by atoms with Crippen molar-refractivity contribution >= 4 is 11.9 Å². The van der Waals surface area contributed by atoms with Crippen LogP contribution in [-0.4, -0.2) is 73.0 Å². The lowest BCUT2D eigenvalue weighted by atomic mass is 9.79. The fraction of sp³-hybridized carbons (Fsp3) is 0.736. The van der Waals surface area contributed by atoms with Crippen LogP contribution in [0.15, 0.2) is 24.3 Å². The highest BCUT2D eigenvalue weighted by molar-refractivity contribution is 5.74. The van der Waals surface area contributed by atoms with Gasteiger partial charge in [0.2, 0.25) is 0 Å². The number of benzene rings is 2. The third-order valence-electron chi connectivity index (χ3n) is 11.3. The van der Waals surface area contributed by atoms with E-state index in [2.05, 4.69) is 0 Å². The third-order valence-corrected chi connectivity index (χ3v) is 11.3. The van der Waals surface area contributed by atoms with Crippen LogP contribution in [-0.2, 0) is 45.5 Å². The molecule has 0 heterocycles. The molecule has 3 N–H and O–H groups in total. The standard InChI is InChI=1S/C53H88O10/c1-50(2,3)42-31-39(32-43(48(42)57)51(4,5)6)62-46(55)37-60-36-41(35-59-30-28-26-24-22-20-18-16-14-13-15-17-19-21-23-25-27-29-54)61-38-47(56)63-40-33-44(52(7,8)9)49(58)45(34-40)53(10,11)12/h31-34,41,54,57-58H,13-30,35-38H2,1-12H3. The van der Waals surface area contributed by atoms with Crippen molar-refractivity contribution in [2.75, 3.05) is 39.6 Å². The minimum atomic E-state index is -0.661. The van der Waals surface area contributed by atoms with E-state index in [0.29, 0.717) is 47.0 Å². The van der Waals surface area contributed by atoms with Crippen LogP contribution in [0.3, 0.4) is 0 Å². The Morgan fingerprint density at radius 3 is 1.10 bits per heavy atom. The number of carbonyl (C=O) groups excluding carboxylic acids is 2. The lowest BCUT2D eigenvalue weighted by molar-refractivity contribution is -0.149. The second-order valence-corrected chi connectivity index (χ2v) is 21.6. The minimum Gasteiger partial charge on any atom is -0.507 e. The molecule has 0 aliphatic rings. The van der Waals surface area contributed by atoms with Crippen molar-refractivity contribution in [2.24, 2.45) is 0 Å². The van der Waals surface area contributed by atoms with E-state index in [0.717, 1.165) is 32.1 Å². The van der Waals surface area contributed by atoms with Gasteiger partial charge in [-0.15, -0.1) is 0 Å². The molecular formula is C53H88O10. The quantitative estimate of drug-likeness (QED) is 0.0411. The average molecular weight is 885 g/mol. The molecule has 10 heteroatoms. The predicted octanol–water partition coefficient (Wildman–Crippen LogP) is 12.5. The van der Waals surface area contributed by atoms with Crippen molar-refractivity contribution in [3.05, 3.63) is 46.5 Å². The molecule has 360 valence electrons. The normalized spacial score (nSPS) is 13.0. The van der Waals surface area contributed by atoms with Crippen molar-refractivity contribution in [3.63, 3.8) is 0 Å². The van der Waals surface area contributed by atoms with Gasteiger partial charge in [-0.05, 0) is 58.8 Å². The summed E-state index contributed by atoms with van der Waals surface area (Å²) in [6.07, 6.45) is 18.9. The van der Waals surface area contributed by atoms with E-state index in [1.165, 1.54) is 70.6 Å². The van der Waals surface area contributed by atoms with Crippen LogP contribution in [0.25, 0.3) is 0 Å².